The second-order valence-electron chi connectivity index (χ2n) is 18.9. The maximum Gasteiger partial charge on any atom is 0.305 e. The average molecular weight is 924 g/mol. The molecule has 7 unspecified atom stereocenters. The van der Waals surface area contributed by atoms with Crippen LogP contribution in [-0.4, -0.2) is 100 Å². The number of unbranched alkanes of at least 4 members (excludes halogenated alkanes) is 30. The topological polar surface area (TPSA) is 175 Å². The highest BCUT2D eigenvalue weighted by atomic mass is 16.7. The summed E-state index contributed by atoms with van der Waals surface area (Å²) in [7, 11) is 0. The molecule has 1 rings (SSSR count). The molecule has 1 heterocycles. The van der Waals surface area contributed by atoms with E-state index in [1.807, 2.05) is 6.08 Å². The number of ether oxygens (including phenoxy) is 3. The quantitative estimate of drug-likeness (QED) is 0.0196. The van der Waals surface area contributed by atoms with E-state index in [1.54, 1.807) is 6.08 Å². The number of amides is 1. The van der Waals surface area contributed by atoms with Crippen LogP contribution in [0.15, 0.2) is 24.3 Å². The summed E-state index contributed by atoms with van der Waals surface area (Å²) in [6.07, 6.45) is 41.3. The van der Waals surface area contributed by atoms with Gasteiger partial charge in [0.25, 0.3) is 0 Å². The molecule has 0 aliphatic carbocycles. The molecule has 382 valence electrons. The lowest BCUT2D eigenvalue weighted by Gasteiger charge is -2.40. The van der Waals surface area contributed by atoms with Crippen LogP contribution in [0, 0.1) is 0 Å². The summed E-state index contributed by atoms with van der Waals surface area (Å²) in [5.74, 6) is -0.213. The van der Waals surface area contributed by atoms with Gasteiger partial charge in [-0.3, -0.25) is 9.59 Å². The van der Waals surface area contributed by atoms with Crippen LogP contribution >= 0.6 is 0 Å². The molecule has 11 nitrogen and oxygen atoms in total. The van der Waals surface area contributed by atoms with Gasteiger partial charge < -0.3 is 45.1 Å². The molecule has 6 N–H and O–H groups in total. The molecule has 1 saturated heterocycles. The Bertz CT molecular complexity index is 1130. The first-order chi connectivity index (χ1) is 31.7. The first-order valence-corrected chi connectivity index (χ1v) is 27.1. The fraction of sp³-hybridized carbons (Fsp3) is 0.889. The van der Waals surface area contributed by atoms with Gasteiger partial charge in [0.2, 0.25) is 5.91 Å². The highest BCUT2D eigenvalue weighted by Gasteiger charge is 2.44. The van der Waals surface area contributed by atoms with Crippen molar-refractivity contribution in [2.75, 3.05) is 19.8 Å². The molecule has 65 heavy (non-hydrogen) atoms. The molecule has 1 fully saturated rings. The lowest BCUT2D eigenvalue weighted by Crippen LogP contribution is -2.60. The van der Waals surface area contributed by atoms with Crippen LogP contribution in [0.3, 0.4) is 0 Å². The highest BCUT2D eigenvalue weighted by Crippen LogP contribution is 2.23. The summed E-state index contributed by atoms with van der Waals surface area (Å²) < 4.78 is 16.6. The molecule has 0 aromatic heterocycles. The van der Waals surface area contributed by atoms with Gasteiger partial charge in [-0.2, -0.15) is 0 Å². The fourth-order valence-corrected chi connectivity index (χ4v) is 8.45. The van der Waals surface area contributed by atoms with E-state index in [0.29, 0.717) is 19.4 Å². The molecular weight excluding hydrogens is 823 g/mol. The number of nitrogens with one attached hydrogen (secondary N) is 1. The van der Waals surface area contributed by atoms with Crippen molar-refractivity contribution in [1.82, 2.24) is 5.32 Å². The predicted molar refractivity (Wildman–Crippen MR) is 264 cm³/mol. The Morgan fingerprint density at radius 3 is 1.52 bits per heavy atom. The van der Waals surface area contributed by atoms with Crippen LogP contribution in [0.25, 0.3) is 0 Å². The van der Waals surface area contributed by atoms with Crippen molar-refractivity contribution < 1.29 is 49.3 Å². The van der Waals surface area contributed by atoms with E-state index < -0.39 is 49.5 Å². The molecular formula is C54H101NO10. The molecule has 0 spiro atoms. The van der Waals surface area contributed by atoms with Gasteiger partial charge in [-0.05, 0) is 44.9 Å². The molecule has 1 aliphatic rings. The Hall–Kier alpha value is -1.86. The lowest BCUT2D eigenvalue weighted by atomic mass is 9.99. The SMILES string of the molecule is CCCCC/C=C/CC/C=C/C(O)C(COC1OC(CO)C(O)C(O)C1O)NC(=O)CCCCCCCCCCCCCCCCCCCOC(=O)CCCCCCCCCCCCC. The Labute approximate surface area is 397 Å². The summed E-state index contributed by atoms with van der Waals surface area (Å²) in [6.45, 7) is 4.25. The lowest BCUT2D eigenvalue weighted by molar-refractivity contribution is -0.302. The molecule has 0 bridgehead atoms. The Kier molecular flexibility index (Phi) is 42.0. The number of carbonyl (C=O) groups is 2. The molecule has 1 amide bonds. The van der Waals surface area contributed by atoms with Crippen LogP contribution in [0.5, 0.6) is 0 Å². The molecule has 0 saturated carbocycles. The van der Waals surface area contributed by atoms with Gasteiger partial charge in [0.15, 0.2) is 6.29 Å². The van der Waals surface area contributed by atoms with Crippen molar-refractivity contribution in [3.8, 4) is 0 Å². The minimum Gasteiger partial charge on any atom is -0.466 e. The van der Waals surface area contributed by atoms with E-state index in [2.05, 4.69) is 31.3 Å². The largest absolute Gasteiger partial charge is 0.466 e. The Balaban J connectivity index is 2.08. The average Bonchev–Trinajstić information content (AvgIpc) is 3.30. The predicted octanol–water partition coefficient (Wildman–Crippen LogP) is 11.4. The van der Waals surface area contributed by atoms with Crippen LogP contribution in [0.1, 0.15) is 245 Å². The van der Waals surface area contributed by atoms with Gasteiger partial charge in [-0.15, -0.1) is 0 Å². The number of esters is 1. The molecule has 0 aromatic rings. The first kappa shape index (κ1) is 61.2. The molecule has 0 radical (unpaired) electrons. The summed E-state index contributed by atoms with van der Waals surface area (Å²) >= 11 is 0. The third kappa shape index (κ3) is 35.0. The van der Waals surface area contributed by atoms with Gasteiger partial charge in [-0.25, -0.2) is 0 Å². The number of rotatable bonds is 46. The number of hydrogen-bond donors (Lipinski definition) is 6. The molecule has 0 aromatic carbocycles. The highest BCUT2D eigenvalue weighted by molar-refractivity contribution is 5.76. The van der Waals surface area contributed by atoms with E-state index in [-0.39, 0.29) is 18.5 Å². The third-order valence-corrected chi connectivity index (χ3v) is 12.8. The first-order valence-electron chi connectivity index (χ1n) is 27.1. The Morgan fingerprint density at radius 2 is 1.00 bits per heavy atom. The monoisotopic (exact) mass is 924 g/mol. The van der Waals surface area contributed by atoms with E-state index in [1.165, 1.54) is 148 Å². The van der Waals surface area contributed by atoms with E-state index >= 15 is 0 Å². The zero-order chi connectivity index (χ0) is 47.4. The maximum atomic E-state index is 13.0. The molecule has 7 atom stereocenters. The van der Waals surface area contributed by atoms with Gasteiger partial charge in [0, 0.05) is 12.8 Å². The van der Waals surface area contributed by atoms with Crippen molar-refractivity contribution >= 4 is 11.9 Å². The van der Waals surface area contributed by atoms with Crippen molar-refractivity contribution in [1.29, 1.82) is 0 Å². The maximum absolute atomic E-state index is 13.0. The minimum absolute atomic E-state index is 0.0129. The van der Waals surface area contributed by atoms with Gasteiger partial charge in [-0.1, -0.05) is 212 Å². The van der Waals surface area contributed by atoms with E-state index in [0.717, 1.165) is 70.6 Å². The number of hydrogen-bond acceptors (Lipinski definition) is 10. The van der Waals surface area contributed by atoms with Crippen LogP contribution in [-0.2, 0) is 23.8 Å². The normalized spacial score (nSPS) is 19.9. The van der Waals surface area contributed by atoms with Crippen molar-refractivity contribution in [3.63, 3.8) is 0 Å². The van der Waals surface area contributed by atoms with Gasteiger partial charge in [0.1, 0.15) is 24.4 Å². The van der Waals surface area contributed by atoms with Crippen LogP contribution < -0.4 is 5.32 Å². The van der Waals surface area contributed by atoms with Crippen molar-refractivity contribution in [2.45, 2.75) is 288 Å². The number of allylic oxidation sites excluding steroid dienone is 3. The van der Waals surface area contributed by atoms with Crippen molar-refractivity contribution in [2.24, 2.45) is 0 Å². The zero-order valence-electron chi connectivity index (χ0n) is 41.7. The van der Waals surface area contributed by atoms with Crippen LogP contribution in [0.4, 0.5) is 0 Å². The summed E-state index contributed by atoms with van der Waals surface area (Å²) in [6, 6.07) is -0.829. The second-order valence-corrected chi connectivity index (χ2v) is 18.9. The number of carbonyl (C=O) groups excluding carboxylic acids is 2. The summed E-state index contributed by atoms with van der Waals surface area (Å²) in [4.78, 5) is 25.0. The standard InChI is InChI=1S/C54H101NO10/c1-3-5-7-9-11-13-21-26-30-34-38-42-50(59)63-43-39-35-31-27-23-20-18-16-14-15-17-19-22-25-29-33-37-41-49(58)55-46(47(57)40-36-32-28-24-12-10-8-6-4-2)45-64-54-53(62)52(61)51(60)48(44-56)65-54/h12,24,36,40,46-48,51-54,56-57,60-62H,3-11,13-23,25-35,37-39,41-45H2,1-2H3,(H,55,58)/b24-12+,40-36+. The smallest absolute Gasteiger partial charge is 0.305 e. The van der Waals surface area contributed by atoms with Crippen molar-refractivity contribution in [3.05, 3.63) is 24.3 Å². The summed E-state index contributed by atoms with van der Waals surface area (Å²) in [5, 5.41) is 54.1. The molecule has 11 heteroatoms. The zero-order valence-corrected chi connectivity index (χ0v) is 41.7. The third-order valence-electron chi connectivity index (χ3n) is 12.8. The fourth-order valence-electron chi connectivity index (χ4n) is 8.45. The number of aliphatic hydroxyl groups excluding tert-OH is 5. The Morgan fingerprint density at radius 1 is 0.554 bits per heavy atom. The second kappa shape index (κ2) is 44.6. The minimum atomic E-state index is -1.58. The van der Waals surface area contributed by atoms with Gasteiger partial charge >= 0.3 is 5.97 Å². The molecule has 1 aliphatic heterocycles. The number of aliphatic hydroxyl groups is 5. The van der Waals surface area contributed by atoms with E-state index in [4.69, 9.17) is 14.2 Å². The van der Waals surface area contributed by atoms with Crippen LogP contribution in [0.2, 0.25) is 0 Å². The van der Waals surface area contributed by atoms with Gasteiger partial charge in [0.05, 0.1) is 32.0 Å². The summed E-state index contributed by atoms with van der Waals surface area (Å²) in [5.41, 5.74) is 0. The van der Waals surface area contributed by atoms with E-state index in [9.17, 15) is 35.1 Å².